The molecule has 40 heavy (non-hydrogen) atoms. The van der Waals surface area contributed by atoms with Crippen LogP contribution in [0, 0.1) is 5.82 Å². The minimum atomic E-state index is -0.603. The highest BCUT2D eigenvalue weighted by atomic mass is 19.1. The molecule has 0 spiro atoms. The Morgan fingerprint density at radius 3 is 2.75 bits per heavy atom. The van der Waals surface area contributed by atoms with Crippen molar-refractivity contribution in [3.63, 3.8) is 0 Å². The van der Waals surface area contributed by atoms with Crippen LogP contribution >= 0.6 is 0 Å². The van der Waals surface area contributed by atoms with E-state index in [0.29, 0.717) is 34.5 Å². The molecular weight excluding hydrogens is 517 g/mol. The molecule has 214 valence electrons. The van der Waals surface area contributed by atoms with Crippen LogP contribution in [-0.4, -0.2) is 104 Å². The molecule has 1 fully saturated rings. The van der Waals surface area contributed by atoms with Crippen LogP contribution in [0.15, 0.2) is 47.2 Å². The number of nitrogens with zero attached hydrogens (tertiary/aromatic N) is 5. The molecule has 1 aliphatic rings. The number of amides is 1. The molecule has 1 atom stereocenters. The maximum atomic E-state index is 14.9. The van der Waals surface area contributed by atoms with Crippen molar-refractivity contribution >= 4 is 34.7 Å². The molecule has 3 aromatic rings. The minimum absolute atomic E-state index is 0.0785. The average Bonchev–Trinajstić information content (AvgIpc) is 3.41. The summed E-state index contributed by atoms with van der Waals surface area (Å²) < 4.78 is 25.2. The normalized spacial score (nSPS) is 16.2. The highest BCUT2D eigenvalue weighted by molar-refractivity contribution is 6.06. The van der Waals surface area contributed by atoms with Crippen molar-refractivity contribution in [1.29, 1.82) is 0 Å². The van der Waals surface area contributed by atoms with Gasteiger partial charge in [-0.15, -0.1) is 0 Å². The highest BCUT2D eigenvalue weighted by Crippen LogP contribution is 2.33. The van der Waals surface area contributed by atoms with E-state index in [1.807, 2.05) is 25.1 Å². The van der Waals surface area contributed by atoms with Gasteiger partial charge in [-0.05, 0) is 13.0 Å². The molecule has 0 saturated carbocycles. The van der Waals surface area contributed by atoms with E-state index in [1.54, 1.807) is 20.4 Å². The molecule has 2 aromatic heterocycles. The first-order valence-corrected chi connectivity index (χ1v) is 13.0. The maximum Gasteiger partial charge on any atom is 0.241 e. The number of carbonyl (C=O) groups excluding carboxylic acids is 1. The zero-order chi connectivity index (χ0) is 28.6. The van der Waals surface area contributed by atoms with Crippen LogP contribution in [-0.2, 0) is 14.3 Å². The lowest BCUT2D eigenvalue weighted by Gasteiger charge is -2.37. The van der Waals surface area contributed by atoms with E-state index < -0.39 is 5.82 Å². The number of rotatable bonds is 11. The minimum Gasteiger partial charge on any atom is -0.481 e. The first-order chi connectivity index (χ1) is 19.4. The predicted molar refractivity (Wildman–Crippen MR) is 154 cm³/mol. The fourth-order valence-corrected chi connectivity index (χ4v) is 4.59. The lowest BCUT2D eigenvalue weighted by atomic mass is 10.1. The number of ether oxygens (including phenoxy) is 2. The van der Waals surface area contributed by atoms with Gasteiger partial charge in [0.05, 0.1) is 37.2 Å². The Morgan fingerprint density at radius 2 is 2.05 bits per heavy atom. The molecule has 1 aliphatic heterocycles. The van der Waals surface area contributed by atoms with Gasteiger partial charge in [0.2, 0.25) is 17.7 Å². The van der Waals surface area contributed by atoms with Crippen molar-refractivity contribution in [2.75, 3.05) is 71.2 Å². The molecule has 1 saturated heterocycles. The number of carbonyl (C=O) groups is 1. The number of anilines is 2. The topological polar surface area (TPSA) is 146 Å². The molecular formula is C27H36FN9O3. The van der Waals surface area contributed by atoms with Gasteiger partial charge in [0.25, 0.3) is 0 Å². The van der Waals surface area contributed by atoms with Gasteiger partial charge in [0.15, 0.2) is 5.82 Å². The molecule has 0 aliphatic carbocycles. The summed E-state index contributed by atoms with van der Waals surface area (Å²) >= 11 is 0. The fourth-order valence-electron chi connectivity index (χ4n) is 4.59. The summed E-state index contributed by atoms with van der Waals surface area (Å²) in [5, 5.41) is 6.65. The van der Waals surface area contributed by atoms with Crippen molar-refractivity contribution < 1.29 is 18.7 Å². The number of aromatic nitrogens is 3. The van der Waals surface area contributed by atoms with Crippen LogP contribution in [0.3, 0.4) is 0 Å². The number of benzene rings is 1. The van der Waals surface area contributed by atoms with E-state index in [4.69, 9.17) is 15.2 Å². The quantitative estimate of drug-likeness (QED) is 0.207. The zero-order valence-corrected chi connectivity index (χ0v) is 23.2. The van der Waals surface area contributed by atoms with Gasteiger partial charge >= 0.3 is 0 Å². The number of para-hydroxylation sites is 1. The Balaban J connectivity index is 1.53. The standard InChI is InChI=1S/C27H36FN9O3/c1-17(37-10-8-36(9-11-37)12-13-39-3)26(38)33-21-7-5-6-18-19(14-31-24(18)21)23-20(28)15-32-27(35-23)34-22(16-30-2)25(29)40-4/h5-7,14-17,31H,8-13,29H2,1-4H3,(H,33,38)(H,32,34,35). The Labute approximate surface area is 232 Å². The summed E-state index contributed by atoms with van der Waals surface area (Å²) in [6, 6.07) is 5.15. The van der Waals surface area contributed by atoms with E-state index in [-0.39, 0.29) is 29.5 Å². The van der Waals surface area contributed by atoms with Gasteiger partial charge in [-0.1, -0.05) is 12.1 Å². The van der Waals surface area contributed by atoms with Gasteiger partial charge < -0.3 is 30.8 Å². The first kappa shape index (κ1) is 28.9. The summed E-state index contributed by atoms with van der Waals surface area (Å²) in [6.07, 6.45) is 4.19. The van der Waals surface area contributed by atoms with Crippen molar-refractivity contribution in [1.82, 2.24) is 24.8 Å². The number of aromatic amines is 1. The molecule has 1 amide bonds. The van der Waals surface area contributed by atoms with Gasteiger partial charge in [-0.2, -0.15) is 0 Å². The summed E-state index contributed by atoms with van der Waals surface area (Å²) in [6.45, 7) is 6.87. The number of halogens is 1. The van der Waals surface area contributed by atoms with Crippen LogP contribution in [0.2, 0.25) is 0 Å². The van der Waals surface area contributed by atoms with E-state index in [1.165, 1.54) is 13.3 Å². The van der Waals surface area contributed by atoms with Gasteiger partial charge in [-0.25, -0.2) is 14.4 Å². The number of aliphatic imine (C=N–C) groups is 1. The largest absolute Gasteiger partial charge is 0.481 e. The molecule has 0 bridgehead atoms. The Morgan fingerprint density at radius 1 is 1.27 bits per heavy atom. The second-order valence-electron chi connectivity index (χ2n) is 9.35. The smallest absolute Gasteiger partial charge is 0.241 e. The molecule has 5 N–H and O–H groups in total. The number of nitrogens with two attached hydrogens (primary N) is 1. The summed E-state index contributed by atoms with van der Waals surface area (Å²) in [5.74, 6) is -0.522. The first-order valence-electron chi connectivity index (χ1n) is 13.0. The number of hydrogen-bond donors (Lipinski definition) is 4. The van der Waals surface area contributed by atoms with Gasteiger partial charge in [-0.3, -0.25) is 19.6 Å². The number of piperazine rings is 1. The third-order valence-electron chi connectivity index (χ3n) is 6.91. The van der Waals surface area contributed by atoms with Crippen LogP contribution in [0.25, 0.3) is 22.2 Å². The lowest BCUT2D eigenvalue weighted by molar-refractivity contribution is -0.121. The van der Waals surface area contributed by atoms with E-state index in [9.17, 15) is 9.18 Å². The third-order valence-corrected chi connectivity index (χ3v) is 6.91. The van der Waals surface area contributed by atoms with Crippen LogP contribution in [0.5, 0.6) is 0 Å². The van der Waals surface area contributed by atoms with E-state index >= 15 is 0 Å². The molecule has 3 heterocycles. The van der Waals surface area contributed by atoms with Crippen LogP contribution < -0.4 is 16.4 Å². The average molecular weight is 554 g/mol. The van der Waals surface area contributed by atoms with E-state index in [0.717, 1.165) is 38.9 Å². The number of fused-ring (bicyclic) bond motifs is 1. The summed E-state index contributed by atoms with van der Waals surface area (Å²) in [4.78, 5) is 33.2. The Hall–Kier alpha value is -4.07. The number of allylic oxidation sites excluding steroid dienone is 1. The SMILES string of the molecule is CN=CC(Nc1ncc(F)c(-c2c[nH]c3c(NC(=O)C(C)N4CCN(CCOC)CC4)cccc23)n1)=C(N)OC. The number of methoxy groups -OCH3 is 2. The highest BCUT2D eigenvalue weighted by Gasteiger charge is 2.26. The van der Waals surface area contributed by atoms with Gasteiger partial charge in [0, 0.05) is 70.2 Å². The Kier molecular flexibility index (Phi) is 9.64. The summed E-state index contributed by atoms with van der Waals surface area (Å²) in [5.41, 5.74) is 8.05. The second-order valence-corrected chi connectivity index (χ2v) is 9.35. The molecule has 0 radical (unpaired) electrons. The Bertz CT molecular complexity index is 1380. The van der Waals surface area contributed by atoms with E-state index in [2.05, 4.69) is 40.4 Å². The zero-order valence-electron chi connectivity index (χ0n) is 23.2. The number of hydrogen-bond acceptors (Lipinski definition) is 10. The fraction of sp³-hybridized carbons (Fsp3) is 0.407. The van der Waals surface area contributed by atoms with Crippen molar-refractivity contribution in [2.24, 2.45) is 10.7 Å². The van der Waals surface area contributed by atoms with Crippen molar-refractivity contribution in [3.05, 3.63) is 48.0 Å². The maximum absolute atomic E-state index is 14.9. The van der Waals surface area contributed by atoms with Gasteiger partial charge in [0.1, 0.15) is 11.4 Å². The van der Waals surface area contributed by atoms with Crippen molar-refractivity contribution in [2.45, 2.75) is 13.0 Å². The monoisotopic (exact) mass is 553 g/mol. The lowest BCUT2D eigenvalue weighted by Crippen LogP contribution is -2.53. The molecule has 1 aromatic carbocycles. The van der Waals surface area contributed by atoms with Crippen molar-refractivity contribution in [3.8, 4) is 11.3 Å². The van der Waals surface area contributed by atoms with Crippen LogP contribution in [0.4, 0.5) is 16.0 Å². The number of nitrogens with one attached hydrogen (secondary N) is 3. The molecule has 4 rings (SSSR count). The summed E-state index contributed by atoms with van der Waals surface area (Å²) in [7, 11) is 4.70. The molecule has 1 unspecified atom stereocenters. The molecule has 12 nitrogen and oxygen atoms in total. The predicted octanol–water partition coefficient (Wildman–Crippen LogP) is 2.24. The third kappa shape index (κ3) is 6.55. The molecule has 13 heteroatoms. The van der Waals surface area contributed by atoms with Crippen LogP contribution in [0.1, 0.15) is 6.92 Å². The second kappa shape index (κ2) is 13.3. The number of H-pyrrole nitrogens is 1.